The summed E-state index contributed by atoms with van der Waals surface area (Å²) >= 11 is 3.04. The number of carboxylic acids is 1. The summed E-state index contributed by atoms with van der Waals surface area (Å²) in [6.45, 7) is 0. The van der Waals surface area contributed by atoms with E-state index < -0.39 is 11.8 Å². The van der Waals surface area contributed by atoms with E-state index in [1.165, 1.54) is 18.2 Å². The summed E-state index contributed by atoms with van der Waals surface area (Å²) in [5.74, 6) is -1.74. The largest absolute Gasteiger partial charge is 0.478 e. The molecule has 0 atom stereocenters. The van der Waals surface area contributed by atoms with E-state index in [4.69, 9.17) is 9.52 Å². The molecule has 0 saturated heterocycles. The van der Waals surface area contributed by atoms with E-state index in [0.717, 1.165) is 6.07 Å². The van der Waals surface area contributed by atoms with Crippen LogP contribution in [0.1, 0.15) is 20.9 Å². The van der Waals surface area contributed by atoms with Gasteiger partial charge >= 0.3 is 5.97 Å². The van der Waals surface area contributed by atoms with Crippen LogP contribution in [0.2, 0.25) is 0 Å². The fraction of sp³-hybridized carbons (Fsp3) is 0. The van der Waals surface area contributed by atoms with Crippen molar-refractivity contribution in [3.05, 3.63) is 45.9 Å². The molecular formula is C12H6BrFO4. The molecule has 4 nitrogen and oxygen atoms in total. The van der Waals surface area contributed by atoms with E-state index in [1.54, 1.807) is 0 Å². The van der Waals surface area contributed by atoms with Crippen molar-refractivity contribution in [3.8, 4) is 11.3 Å². The Morgan fingerprint density at radius 1 is 1.39 bits per heavy atom. The van der Waals surface area contributed by atoms with Crippen LogP contribution < -0.4 is 0 Å². The van der Waals surface area contributed by atoms with Crippen molar-refractivity contribution in [2.24, 2.45) is 0 Å². The quantitative estimate of drug-likeness (QED) is 0.882. The molecule has 0 amide bonds. The summed E-state index contributed by atoms with van der Waals surface area (Å²) in [5.41, 5.74) is -0.0987. The average Bonchev–Trinajstić information content (AvgIpc) is 2.79. The molecule has 1 heterocycles. The molecule has 6 heteroatoms. The molecule has 2 rings (SSSR count). The van der Waals surface area contributed by atoms with Crippen LogP contribution in [0.4, 0.5) is 4.39 Å². The van der Waals surface area contributed by atoms with Gasteiger partial charge in [-0.25, -0.2) is 9.18 Å². The Morgan fingerprint density at radius 2 is 2.11 bits per heavy atom. The van der Waals surface area contributed by atoms with Crippen LogP contribution in [0, 0.1) is 5.82 Å². The Kier molecular flexibility index (Phi) is 3.29. The lowest BCUT2D eigenvalue weighted by molar-refractivity contribution is 0.0695. The van der Waals surface area contributed by atoms with E-state index in [0.29, 0.717) is 6.29 Å². The number of furan rings is 1. The van der Waals surface area contributed by atoms with Gasteiger partial charge in [-0.05, 0) is 40.2 Å². The summed E-state index contributed by atoms with van der Waals surface area (Å²) in [7, 11) is 0. The van der Waals surface area contributed by atoms with Crippen LogP contribution in [0.3, 0.4) is 0 Å². The second-order valence-corrected chi connectivity index (χ2v) is 4.29. The number of aromatic carboxylic acids is 1. The first-order valence-electron chi connectivity index (χ1n) is 4.80. The Balaban J connectivity index is 2.55. The number of carbonyl (C=O) groups is 2. The minimum atomic E-state index is -1.24. The number of aldehydes is 1. The van der Waals surface area contributed by atoms with Crippen molar-refractivity contribution in [2.45, 2.75) is 0 Å². The normalized spacial score (nSPS) is 10.3. The first-order valence-corrected chi connectivity index (χ1v) is 5.60. The summed E-state index contributed by atoms with van der Waals surface area (Å²) in [6.07, 6.45) is 0.502. The third-order valence-corrected chi connectivity index (χ3v) is 2.95. The second kappa shape index (κ2) is 4.73. The highest BCUT2D eigenvalue weighted by molar-refractivity contribution is 9.10. The van der Waals surface area contributed by atoms with Gasteiger partial charge in [-0.2, -0.15) is 0 Å². The van der Waals surface area contributed by atoms with E-state index in [9.17, 15) is 14.0 Å². The Bertz CT molecular complexity index is 633. The number of hydrogen-bond donors (Lipinski definition) is 1. The van der Waals surface area contributed by atoms with Gasteiger partial charge in [-0.15, -0.1) is 0 Å². The molecule has 1 aromatic carbocycles. The van der Waals surface area contributed by atoms with E-state index in [1.807, 2.05) is 0 Å². The van der Waals surface area contributed by atoms with Crippen molar-refractivity contribution in [2.75, 3.05) is 0 Å². The molecule has 0 fully saturated rings. The summed E-state index contributed by atoms with van der Waals surface area (Å²) in [6, 6.07) is 5.03. The third kappa shape index (κ3) is 2.19. The fourth-order valence-electron chi connectivity index (χ4n) is 1.46. The molecule has 1 aromatic heterocycles. The lowest BCUT2D eigenvalue weighted by atomic mass is 10.1. The Labute approximate surface area is 109 Å². The van der Waals surface area contributed by atoms with Crippen LogP contribution in [0.15, 0.2) is 33.2 Å². The van der Waals surface area contributed by atoms with Gasteiger partial charge < -0.3 is 9.52 Å². The molecule has 1 N–H and O–H groups in total. The van der Waals surface area contributed by atoms with Gasteiger partial charge in [-0.3, -0.25) is 4.79 Å². The molecule has 0 unspecified atom stereocenters. The highest BCUT2D eigenvalue weighted by Gasteiger charge is 2.16. The third-order valence-electron chi connectivity index (χ3n) is 2.30. The second-order valence-electron chi connectivity index (χ2n) is 3.44. The first kappa shape index (κ1) is 12.5. The number of rotatable bonds is 3. The molecule has 0 radical (unpaired) electrons. The molecule has 0 aliphatic rings. The molecule has 0 aliphatic carbocycles. The number of halogens is 2. The zero-order chi connectivity index (χ0) is 13.3. The van der Waals surface area contributed by atoms with Crippen LogP contribution in [0.25, 0.3) is 11.3 Å². The van der Waals surface area contributed by atoms with Gasteiger partial charge in [0.05, 0.1) is 11.1 Å². The molecule has 0 bridgehead atoms. The number of carbonyl (C=O) groups excluding carboxylic acids is 1. The number of hydrogen-bond acceptors (Lipinski definition) is 3. The molecule has 2 aromatic rings. The van der Waals surface area contributed by atoms with Crippen LogP contribution >= 0.6 is 15.9 Å². The highest BCUT2D eigenvalue weighted by atomic mass is 79.9. The minimum absolute atomic E-state index is 0.0721. The lowest BCUT2D eigenvalue weighted by Gasteiger charge is -2.04. The van der Waals surface area contributed by atoms with Gasteiger partial charge in [0, 0.05) is 4.47 Å². The highest BCUT2D eigenvalue weighted by Crippen LogP contribution is 2.30. The van der Waals surface area contributed by atoms with E-state index in [-0.39, 0.29) is 27.1 Å². The standard InChI is InChI=1S/C12H6BrFO4/c13-9-3-8(10(14)4-7(9)12(16)17)11-2-1-6(5-15)18-11/h1-5H,(H,16,17). The smallest absolute Gasteiger partial charge is 0.336 e. The molecule has 18 heavy (non-hydrogen) atoms. The van der Waals surface area contributed by atoms with Gasteiger partial charge in [0.1, 0.15) is 11.6 Å². The minimum Gasteiger partial charge on any atom is -0.478 e. The Morgan fingerprint density at radius 3 is 2.67 bits per heavy atom. The maximum absolute atomic E-state index is 13.8. The number of carboxylic acid groups (broad SMARTS) is 1. The van der Waals surface area contributed by atoms with Crippen LogP contribution in [0.5, 0.6) is 0 Å². The zero-order valence-corrected chi connectivity index (χ0v) is 10.4. The topological polar surface area (TPSA) is 67.5 Å². The van der Waals surface area contributed by atoms with Crippen molar-refractivity contribution in [1.82, 2.24) is 0 Å². The van der Waals surface area contributed by atoms with Crippen molar-refractivity contribution >= 4 is 28.2 Å². The maximum Gasteiger partial charge on any atom is 0.336 e. The Hall–Kier alpha value is -1.95. The van der Waals surface area contributed by atoms with Crippen LogP contribution in [-0.2, 0) is 0 Å². The van der Waals surface area contributed by atoms with Crippen molar-refractivity contribution < 1.29 is 23.5 Å². The lowest BCUT2D eigenvalue weighted by Crippen LogP contribution is -1.99. The van der Waals surface area contributed by atoms with E-state index >= 15 is 0 Å². The first-order chi connectivity index (χ1) is 8.52. The fourth-order valence-corrected chi connectivity index (χ4v) is 1.97. The molecule has 0 saturated carbocycles. The maximum atomic E-state index is 13.8. The predicted molar refractivity (Wildman–Crippen MR) is 64.1 cm³/mol. The zero-order valence-electron chi connectivity index (χ0n) is 8.81. The monoisotopic (exact) mass is 312 g/mol. The van der Waals surface area contributed by atoms with Gasteiger partial charge in [0.25, 0.3) is 0 Å². The number of benzene rings is 1. The van der Waals surface area contributed by atoms with Crippen molar-refractivity contribution in [1.29, 1.82) is 0 Å². The summed E-state index contributed by atoms with van der Waals surface area (Å²) < 4.78 is 19.1. The molecule has 0 aliphatic heterocycles. The summed E-state index contributed by atoms with van der Waals surface area (Å²) in [4.78, 5) is 21.3. The summed E-state index contributed by atoms with van der Waals surface area (Å²) in [5, 5.41) is 8.83. The van der Waals surface area contributed by atoms with E-state index in [2.05, 4.69) is 15.9 Å². The average molecular weight is 313 g/mol. The predicted octanol–water partition coefficient (Wildman–Crippen LogP) is 3.36. The van der Waals surface area contributed by atoms with Gasteiger partial charge in [0.15, 0.2) is 12.0 Å². The van der Waals surface area contributed by atoms with Crippen LogP contribution in [-0.4, -0.2) is 17.4 Å². The SMILES string of the molecule is O=Cc1ccc(-c2cc(Br)c(C(=O)O)cc2F)o1. The van der Waals surface area contributed by atoms with Gasteiger partial charge in [0.2, 0.25) is 0 Å². The molecule has 92 valence electrons. The molecule has 0 spiro atoms. The van der Waals surface area contributed by atoms with Gasteiger partial charge in [-0.1, -0.05) is 0 Å². The molecular weight excluding hydrogens is 307 g/mol. The van der Waals surface area contributed by atoms with Crippen molar-refractivity contribution in [3.63, 3.8) is 0 Å².